The summed E-state index contributed by atoms with van der Waals surface area (Å²) in [5.41, 5.74) is 1.19. The fourth-order valence-corrected chi connectivity index (χ4v) is 3.10. The number of nitrogens with zero attached hydrogens (tertiary/aromatic N) is 2. The highest BCUT2D eigenvalue weighted by Crippen LogP contribution is 2.29. The van der Waals surface area contributed by atoms with Gasteiger partial charge in [-0.1, -0.05) is 18.2 Å². The Morgan fingerprint density at radius 3 is 2.19 bits per heavy atom. The van der Waals surface area contributed by atoms with Crippen molar-refractivity contribution >= 4 is 28.8 Å². The number of hydrogen-bond donors (Lipinski definition) is 1. The SMILES string of the molecule is COc1ccc(NC(=O)c2ccccc2C(=O)c2ccc(N(C)C)c([N+](=O)[O-])c2)cc1. The number of hydrogen-bond acceptors (Lipinski definition) is 6. The zero-order chi connectivity index (χ0) is 22.5. The van der Waals surface area contributed by atoms with Gasteiger partial charge in [0.1, 0.15) is 11.4 Å². The largest absolute Gasteiger partial charge is 0.497 e. The van der Waals surface area contributed by atoms with Crippen molar-refractivity contribution in [1.29, 1.82) is 0 Å². The summed E-state index contributed by atoms with van der Waals surface area (Å²) in [4.78, 5) is 38.5. The molecule has 0 saturated heterocycles. The van der Waals surface area contributed by atoms with Crippen LogP contribution >= 0.6 is 0 Å². The van der Waals surface area contributed by atoms with E-state index in [0.29, 0.717) is 17.1 Å². The number of ether oxygens (including phenoxy) is 1. The molecule has 3 rings (SSSR count). The van der Waals surface area contributed by atoms with E-state index >= 15 is 0 Å². The number of rotatable bonds is 7. The Morgan fingerprint density at radius 1 is 0.968 bits per heavy atom. The second kappa shape index (κ2) is 9.08. The lowest BCUT2D eigenvalue weighted by atomic mass is 9.97. The second-order valence-electron chi connectivity index (χ2n) is 6.91. The molecule has 0 bridgehead atoms. The van der Waals surface area contributed by atoms with E-state index in [0.717, 1.165) is 0 Å². The van der Waals surface area contributed by atoms with Crippen LogP contribution in [0, 0.1) is 10.1 Å². The van der Waals surface area contributed by atoms with E-state index in [1.165, 1.54) is 30.3 Å². The number of benzene rings is 3. The van der Waals surface area contributed by atoms with Crippen molar-refractivity contribution in [1.82, 2.24) is 0 Å². The van der Waals surface area contributed by atoms with Gasteiger partial charge in [-0.25, -0.2) is 0 Å². The van der Waals surface area contributed by atoms with Crippen LogP contribution in [-0.2, 0) is 0 Å². The van der Waals surface area contributed by atoms with Crippen molar-refractivity contribution in [2.24, 2.45) is 0 Å². The number of nitro benzene ring substituents is 1. The van der Waals surface area contributed by atoms with Crippen LogP contribution in [0.4, 0.5) is 17.1 Å². The van der Waals surface area contributed by atoms with Crippen molar-refractivity contribution in [2.45, 2.75) is 0 Å². The highest BCUT2D eigenvalue weighted by Gasteiger charge is 2.22. The van der Waals surface area contributed by atoms with E-state index < -0.39 is 16.6 Å². The summed E-state index contributed by atoms with van der Waals surface area (Å²) in [6, 6.07) is 17.4. The molecule has 1 amide bonds. The topological polar surface area (TPSA) is 102 Å². The minimum Gasteiger partial charge on any atom is -0.497 e. The molecule has 0 unspecified atom stereocenters. The molecule has 0 radical (unpaired) electrons. The van der Waals surface area contributed by atoms with Gasteiger partial charge in [0, 0.05) is 37.0 Å². The Morgan fingerprint density at radius 2 is 1.61 bits per heavy atom. The van der Waals surface area contributed by atoms with E-state index in [4.69, 9.17) is 4.74 Å². The van der Waals surface area contributed by atoms with E-state index in [-0.39, 0.29) is 22.4 Å². The number of nitro groups is 1. The summed E-state index contributed by atoms with van der Waals surface area (Å²) >= 11 is 0. The number of anilines is 2. The van der Waals surface area contributed by atoms with Gasteiger partial charge in [0.05, 0.1) is 17.6 Å². The van der Waals surface area contributed by atoms with Crippen LogP contribution in [0.1, 0.15) is 26.3 Å². The normalized spacial score (nSPS) is 10.3. The molecule has 8 heteroatoms. The van der Waals surface area contributed by atoms with Gasteiger partial charge in [-0.3, -0.25) is 19.7 Å². The third-order valence-corrected chi connectivity index (χ3v) is 4.68. The quantitative estimate of drug-likeness (QED) is 0.351. The molecule has 3 aromatic rings. The maximum atomic E-state index is 13.1. The van der Waals surface area contributed by atoms with Crippen LogP contribution in [0.15, 0.2) is 66.7 Å². The first-order chi connectivity index (χ1) is 14.8. The molecule has 0 atom stereocenters. The molecule has 0 aliphatic rings. The summed E-state index contributed by atoms with van der Waals surface area (Å²) in [5.74, 6) is -0.293. The fourth-order valence-electron chi connectivity index (χ4n) is 3.10. The molecule has 0 aromatic heterocycles. The van der Waals surface area contributed by atoms with Crippen LogP contribution < -0.4 is 15.0 Å². The average molecular weight is 419 g/mol. The Kier molecular flexibility index (Phi) is 6.30. The van der Waals surface area contributed by atoms with Crippen LogP contribution in [0.5, 0.6) is 5.75 Å². The van der Waals surface area contributed by atoms with Crippen molar-refractivity contribution in [2.75, 3.05) is 31.4 Å². The van der Waals surface area contributed by atoms with Crippen LogP contribution in [-0.4, -0.2) is 37.8 Å². The lowest BCUT2D eigenvalue weighted by molar-refractivity contribution is -0.384. The number of amides is 1. The van der Waals surface area contributed by atoms with Gasteiger partial charge in [0.25, 0.3) is 11.6 Å². The minimum absolute atomic E-state index is 0.127. The third kappa shape index (κ3) is 4.69. The van der Waals surface area contributed by atoms with Gasteiger partial charge < -0.3 is 15.0 Å². The Balaban J connectivity index is 1.93. The molecule has 0 aliphatic carbocycles. The molecule has 8 nitrogen and oxygen atoms in total. The average Bonchev–Trinajstić information content (AvgIpc) is 2.78. The first kappa shape index (κ1) is 21.5. The highest BCUT2D eigenvalue weighted by molar-refractivity contribution is 6.18. The van der Waals surface area contributed by atoms with Gasteiger partial charge in [-0.15, -0.1) is 0 Å². The van der Waals surface area contributed by atoms with E-state index in [9.17, 15) is 19.7 Å². The summed E-state index contributed by atoms with van der Waals surface area (Å²) in [6.45, 7) is 0. The molecule has 1 N–H and O–H groups in total. The number of carbonyl (C=O) groups is 2. The first-order valence-corrected chi connectivity index (χ1v) is 9.36. The maximum Gasteiger partial charge on any atom is 0.293 e. The lowest BCUT2D eigenvalue weighted by Crippen LogP contribution is -2.17. The predicted molar refractivity (Wildman–Crippen MR) is 118 cm³/mol. The summed E-state index contributed by atoms with van der Waals surface area (Å²) in [7, 11) is 4.91. The lowest BCUT2D eigenvalue weighted by Gasteiger charge is -2.14. The zero-order valence-corrected chi connectivity index (χ0v) is 17.3. The van der Waals surface area contributed by atoms with Gasteiger partial charge in [0.15, 0.2) is 5.78 Å². The number of ketones is 1. The van der Waals surface area contributed by atoms with E-state index in [2.05, 4.69) is 5.32 Å². The smallest absolute Gasteiger partial charge is 0.293 e. The molecule has 0 aliphatic heterocycles. The van der Waals surface area contributed by atoms with Gasteiger partial charge in [0.2, 0.25) is 0 Å². The van der Waals surface area contributed by atoms with Crippen LogP contribution in [0.25, 0.3) is 0 Å². The van der Waals surface area contributed by atoms with Crippen molar-refractivity contribution in [3.63, 3.8) is 0 Å². The molecular formula is C23H21N3O5. The van der Waals surface area contributed by atoms with Crippen molar-refractivity contribution < 1.29 is 19.2 Å². The highest BCUT2D eigenvalue weighted by atomic mass is 16.6. The number of methoxy groups -OCH3 is 1. The Labute approximate surface area is 179 Å². The Hall–Kier alpha value is -4.20. The molecule has 0 heterocycles. The maximum absolute atomic E-state index is 13.1. The molecule has 0 fully saturated rings. The number of nitrogens with one attached hydrogen (secondary N) is 1. The Bertz CT molecular complexity index is 1140. The first-order valence-electron chi connectivity index (χ1n) is 9.36. The minimum atomic E-state index is -0.533. The molecule has 158 valence electrons. The van der Waals surface area contributed by atoms with Crippen LogP contribution in [0.3, 0.4) is 0 Å². The molecule has 0 spiro atoms. The zero-order valence-electron chi connectivity index (χ0n) is 17.3. The standard InChI is InChI=1S/C23H21N3O5/c1-25(2)20-13-8-15(14-21(20)26(29)30)22(27)18-6-4-5-7-19(18)23(28)24-16-9-11-17(31-3)12-10-16/h4-14H,1-3H3,(H,24,28). The van der Waals surface area contributed by atoms with Gasteiger partial charge in [-0.05, 0) is 42.5 Å². The van der Waals surface area contributed by atoms with E-state index in [1.54, 1.807) is 62.5 Å². The van der Waals surface area contributed by atoms with E-state index in [1.807, 2.05) is 0 Å². The summed E-state index contributed by atoms with van der Waals surface area (Å²) < 4.78 is 5.10. The molecular weight excluding hydrogens is 398 g/mol. The summed E-state index contributed by atoms with van der Waals surface area (Å²) in [6.07, 6.45) is 0. The summed E-state index contributed by atoms with van der Waals surface area (Å²) in [5, 5.41) is 14.2. The molecule has 0 saturated carbocycles. The fraction of sp³-hybridized carbons (Fsp3) is 0.130. The second-order valence-corrected chi connectivity index (χ2v) is 6.91. The third-order valence-electron chi connectivity index (χ3n) is 4.68. The molecule has 3 aromatic carbocycles. The van der Waals surface area contributed by atoms with Crippen LogP contribution in [0.2, 0.25) is 0 Å². The molecule has 31 heavy (non-hydrogen) atoms. The predicted octanol–water partition coefficient (Wildman–Crippen LogP) is 4.15. The van der Waals surface area contributed by atoms with Gasteiger partial charge in [-0.2, -0.15) is 0 Å². The van der Waals surface area contributed by atoms with Gasteiger partial charge >= 0.3 is 0 Å². The number of carbonyl (C=O) groups excluding carboxylic acids is 2. The van der Waals surface area contributed by atoms with Crippen molar-refractivity contribution in [3.8, 4) is 5.75 Å². The van der Waals surface area contributed by atoms with Crippen molar-refractivity contribution in [3.05, 3.63) is 93.5 Å². The monoisotopic (exact) mass is 419 g/mol.